The van der Waals surface area contributed by atoms with Gasteiger partial charge in [0.25, 0.3) is 10.0 Å². The number of nitrogens with zero attached hydrogens (tertiary/aromatic N) is 3. The Morgan fingerprint density at radius 1 is 1.14 bits per heavy atom. The Kier molecular flexibility index (Phi) is 4.30. The summed E-state index contributed by atoms with van der Waals surface area (Å²) in [5, 5.41) is 7.65. The summed E-state index contributed by atoms with van der Waals surface area (Å²) < 4.78 is 27.4. The Balaban J connectivity index is 1.56. The van der Waals surface area contributed by atoms with E-state index in [1.807, 2.05) is 0 Å². The van der Waals surface area contributed by atoms with Crippen molar-refractivity contribution in [3.05, 3.63) is 60.2 Å². The number of hydrogen-bond acceptors (Lipinski definition) is 5. The minimum atomic E-state index is -3.76. The van der Waals surface area contributed by atoms with Crippen molar-refractivity contribution in [2.24, 2.45) is 11.8 Å². The lowest BCUT2D eigenvalue weighted by Crippen LogP contribution is -2.20. The monoisotopic (exact) mass is 407 g/mol. The predicted octanol–water partition coefficient (Wildman–Crippen LogP) is 3.23. The van der Waals surface area contributed by atoms with Crippen LogP contribution in [-0.4, -0.2) is 36.5 Å². The van der Waals surface area contributed by atoms with E-state index in [1.165, 1.54) is 16.4 Å². The van der Waals surface area contributed by atoms with E-state index in [0.717, 1.165) is 25.9 Å². The van der Waals surface area contributed by atoms with Gasteiger partial charge >= 0.3 is 0 Å². The van der Waals surface area contributed by atoms with Crippen molar-refractivity contribution in [2.45, 2.75) is 23.8 Å². The van der Waals surface area contributed by atoms with E-state index in [0.29, 0.717) is 34.2 Å². The average molecular weight is 407 g/mol. The highest BCUT2D eigenvalue weighted by Crippen LogP contribution is 2.40. The third-order valence-corrected chi connectivity index (χ3v) is 7.76. The minimum absolute atomic E-state index is 0.208. The molecule has 2 aromatic heterocycles. The predicted molar refractivity (Wildman–Crippen MR) is 112 cm³/mol. The van der Waals surface area contributed by atoms with Gasteiger partial charge < -0.3 is 10.6 Å². The lowest BCUT2D eigenvalue weighted by Gasteiger charge is -2.17. The standard InChI is InChI=1S/C21H21N5O2S/c1-22-19-13-24-21-18(20(19)25-16-9-14-11-23-12-15(14)10-16)7-8-26(21)29(27,28)17-5-3-2-4-6-17/h2-8,13-16,23H,9-12H2,(H,24,25)/t14-,15+,16?. The average Bonchev–Trinajstić information content (AvgIpc) is 3.43. The van der Waals surface area contributed by atoms with Crippen LogP contribution < -0.4 is 10.6 Å². The zero-order valence-electron chi connectivity index (χ0n) is 15.7. The maximum atomic E-state index is 13.1. The van der Waals surface area contributed by atoms with E-state index in [9.17, 15) is 8.42 Å². The van der Waals surface area contributed by atoms with Crippen molar-refractivity contribution in [3.63, 3.8) is 0 Å². The van der Waals surface area contributed by atoms with E-state index in [4.69, 9.17) is 6.57 Å². The molecule has 2 fully saturated rings. The van der Waals surface area contributed by atoms with Crippen molar-refractivity contribution >= 4 is 32.4 Å². The third-order valence-electron chi connectivity index (χ3n) is 6.08. The molecule has 3 aromatic rings. The molecule has 148 valence electrons. The number of benzene rings is 1. The van der Waals surface area contributed by atoms with Crippen LogP contribution in [0, 0.1) is 18.4 Å². The summed E-state index contributed by atoms with van der Waals surface area (Å²) in [5.41, 5.74) is 1.44. The molecule has 1 aliphatic heterocycles. The van der Waals surface area contributed by atoms with Crippen molar-refractivity contribution in [1.29, 1.82) is 0 Å². The van der Waals surface area contributed by atoms with E-state index < -0.39 is 10.0 Å². The van der Waals surface area contributed by atoms with Crippen molar-refractivity contribution in [3.8, 4) is 0 Å². The van der Waals surface area contributed by atoms with Gasteiger partial charge in [0.1, 0.15) is 0 Å². The molecule has 1 aromatic carbocycles. The maximum Gasteiger partial charge on any atom is 0.269 e. The van der Waals surface area contributed by atoms with Gasteiger partial charge in [-0.2, -0.15) is 0 Å². The first-order valence-corrected chi connectivity index (χ1v) is 11.2. The van der Waals surface area contributed by atoms with Crippen LogP contribution in [0.4, 0.5) is 11.4 Å². The number of hydrogen-bond donors (Lipinski definition) is 2. The Bertz CT molecular complexity index is 1200. The summed E-state index contributed by atoms with van der Waals surface area (Å²) in [6, 6.07) is 10.3. The molecule has 5 rings (SSSR count). The van der Waals surface area contributed by atoms with Crippen LogP contribution in [0.2, 0.25) is 0 Å². The molecule has 1 unspecified atom stereocenters. The topological polar surface area (TPSA) is 80.4 Å². The number of nitrogens with one attached hydrogen (secondary N) is 2. The van der Waals surface area contributed by atoms with Crippen molar-refractivity contribution in [1.82, 2.24) is 14.3 Å². The van der Waals surface area contributed by atoms with Gasteiger partial charge in [-0.25, -0.2) is 22.2 Å². The van der Waals surface area contributed by atoms with E-state index in [-0.39, 0.29) is 10.9 Å². The molecule has 1 saturated carbocycles. The summed E-state index contributed by atoms with van der Waals surface area (Å²) in [6.07, 6.45) is 5.10. The van der Waals surface area contributed by atoms with Crippen LogP contribution >= 0.6 is 0 Å². The first-order valence-electron chi connectivity index (χ1n) is 9.73. The fraction of sp³-hybridized carbons (Fsp3) is 0.333. The Labute approximate surface area is 169 Å². The van der Waals surface area contributed by atoms with Crippen LogP contribution in [0.25, 0.3) is 15.9 Å². The zero-order chi connectivity index (χ0) is 20.0. The molecule has 1 saturated heterocycles. The molecule has 3 atom stereocenters. The van der Waals surface area contributed by atoms with E-state index >= 15 is 0 Å². The number of aromatic nitrogens is 2. The molecule has 0 bridgehead atoms. The van der Waals surface area contributed by atoms with Crippen LogP contribution in [0.1, 0.15) is 12.8 Å². The lowest BCUT2D eigenvalue weighted by atomic mass is 10.0. The number of fused-ring (bicyclic) bond motifs is 2. The van der Waals surface area contributed by atoms with E-state index in [2.05, 4.69) is 20.5 Å². The second kappa shape index (κ2) is 6.87. The number of rotatable bonds is 4. The van der Waals surface area contributed by atoms with Crippen LogP contribution in [0.15, 0.2) is 53.7 Å². The molecule has 8 heteroatoms. The molecule has 7 nitrogen and oxygen atoms in total. The summed E-state index contributed by atoms with van der Waals surface area (Å²) in [7, 11) is -3.76. The Morgan fingerprint density at radius 3 is 2.55 bits per heavy atom. The Hall–Kier alpha value is -2.89. The summed E-state index contributed by atoms with van der Waals surface area (Å²) in [5.74, 6) is 1.34. The van der Waals surface area contributed by atoms with Crippen molar-refractivity contribution in [2.75, 3.05) is 18.4 Å². The highest BCUT2D eigenvalue weighted by Gasteiger charge is 2.37. The molecule has 2 N–H and O–H groups in total. The van der Waals surface area contributed by atoms with Crippen LogP contribution in [0.3, 0.4) is 0 Å². The van der Waals surface area contributed by atoms with Crippen molar-refractivity contribution < 1.29 is 8.42 Å². The van der Waals surface area contributed by atoms with Crippen LogP contribution in [0.5, 0.6) is 0 Å². The highest BCUT2D eigenvalue weighted by atomic mass is 32.2. The smallest absolute Gasteiger partial charge is 0.269 e. The lowest BCUT2D eigenvalue weighted by molar-refractivity contribution is 0.494. The first-order chi connectivity index (χ1) is 14.1. The molecule has 1 aliphatic carbocycles. The SMILES string of the molecule is [C-]#[N+]c1cnc2c(ccn2S(=O)(=O)c2ccccc2)c1NC1C[C@H]2CNC[C@H]2C1. The van der Waals surface area contributed by atoms with E-state index in [1.54, 1.807) is 36.4 Å². The first kappa shape index (κ1) is 18.2. The van der Waals surface area contributed by atoms with Gasteiger partial charge in [-0.3, -0.25) is 0 Å². The summed E-state index contributed by atoms with van der Waals surface area (Å²) in [4.78, 5) is 8.14. The second-order valence-corrected chi connectivity index (χ2v) is 9.60. The summed E-state index contributed by atoms with van der Waals surface area (Å²) >= 11 is 0. The van der Waals surface area contributed by atoms with Gasteiger partial charge in [-0.1, -0.05) is 18.2 Å². The van der Waals surface area contributed by atoms with Gasteiger partial charge in [0.05, 0.1) is 17.2 Å². The second-order valence-electron chi connectivity index (χ2n) is 7.79. The normalized spacial score (nSPS) is 23.8. The number of anilines is 1. The van der Waals surface area contributed by atoms with Gasteiger partial charge in [0.2, 0.25) is 5.69 Å². The molecular formula is C21H21N5O2S. The molecule has 0 amide bonds. The summed E-state index contributed by atoms with van der Waals surface area (Å²) in [6.45, 7) is 9.64. The molecule has 3 heterocycles. The molecular weight excluding hydrogens is 386 g/mol. The van der Waals surface area contributed by atoms with Gasteiger partial charge in [0.15, 0.2) is 5.65 Å². The minimum Gasteiger partial charge on any atom is -0.390 e. The molecule has 2 aliphatic rings. The highest BCUT2D eigenvalue weighted by molar-refractivity contribution is 7.90. The zero-order valence-corrected chi connectivity index (χ0v) is 16.6. The fourth-order valence-electron chi connectivity index (χ4n) is 4.68. The number of pyridine rings is 1. The molecule has 29 heavy (non-hydrogen) atoms. The largest absolute Gasteiger partial charge is 0.390 e. The van der Waals surface area contributed by atoms with Crippen LogP contribution in [-0.2, 0) is 10.0 Å². The molecule has 0 spiro atoms. The van der Waals surface area contributed by atoms with Gasteiger partial charge in [-0.15, -0.1) is 0 Å². The Morgan fingerprint density at radius 2 is 1.86 bits per heavy atom. The molecule has 0 radical (unpaired) electrons. The maximum absolute atomic E-state index is 13.1. The van der Waals surface area contributed by atoms with Gasteiger partial charge in [0, 0.05) is 23.8 Å². The third kappa shape index (κ3) is 2.98. The fourth-order valence-corrected chi connectivity index (χ4v) is 6.00. The van der Waals surface area contributed by atoms with Gasteiger partial charge in [-0.05, 0) is 56.0 Å². The quantitative estimate of drug-likeness (QED) is 0.649.